The first-order valence-corrected chi connectivity index (χ1v) is 5.82. The molecule has 0 heterocycles. The first-order valence-electron chi connectivity index (χ1n) is 5.82. The van der Waals surface area contributed by atoms with Gasteiger partial charge in [0.05, 0.1) is 0 Å². The third-order valence-electron chi connectivity index (χ3n) is 2.91. The van der Waals surface area contributed by atoms with Crippen LogP contribution in [0.1, 0.15) is 44.1 Å². The van der Waals surface area contributed by atoms with Crippen LogP contribution in [-0.4, -0.2) is 0 Å². The van der Waals surface area contributed by atoms with E-state index in [0.29, 0.717) is 0 Å². The van der Waals surface area contributed by atoms with Crippen LogP contribution >= 0.6 is 0 Å². The summed E-state index contributed by atoms with van der Waals surface area (Å²) in [6.07, 6.45) is 7.79. The second-order valence-corrected chi connectivity index (χ2v) is 4.16. The molecule has 1 aliphatic rings. The molecule has 1 aliphatic carbocycles. The molecule has 1 radical (unpaired) electrons. The van der Waals surface area contributed by atoms with E-state index in [2.05, 4.69) is 24.0 Å². The Labute approximate surface area is 92.7 Å². The highest BCUT2D eigenvalue weighted by molar-refractivity contribution is 5.34. The van der Waals surface area contributed by atoms with Gasteiger partial charge in [0, 0.05) is 12.0 Å². The minimum atomic E-state index is 1.01. The van der Waals surface area contributed by atoms with Crippen molar-refractivity contribution < 1.29 is 0 Å². The van der Waals surface area contributed by atoms with Crippen LogP contribution in [0.25, 0.3) is 0 Å². The molecule has 0 aromatic heterocycles. The molecule has 0 unspecified atom stereocenters. The highest BCUT2D eigenvalue weighted by atomic mass is 14.2. The molecular weight excluding hydrogens is 180 g/mol. The quantitative estimate of drug-likeness (QED) is 0.598. The van der Waals surface area contributed by atoms with E-state index in [1.807, 2.05) is 18.2 Å². The van der Waals surface area contributed by atoms with Crippen LogP contribution in [0.2, 0.25) is 0 Å². The van der Waals surface area contributed by atoms with Crippen molar-refractivity contribution in [3.63, 3.8) is 0 Å². The van der Waals surface area contributed by atoms with E-state index in [-0.39, 0.29) is 0 Å². The summed E-state index contributed by atoms with van der Waals surface area (Å²) >= 11 is 0. The van der Waals surface area contributed by atoms with Crippen molar-refractivity contribution in [3.05, 3.63) is 41.8 Å². The fourth-order valence-corrected chi connectivity index (χ4v) is 2.02. The van der Waals surface area contributed by atoms with Gasteiger partial charge in [-0.1, -0.05) is 49.3 Å². The molecule has 1 saturated carbocycles. The van der Waals surface area contributed by atoms with Gasteiger partial charge in [-0.15, -0.1) is 0 Å². The maximum absolute atomic E-state index is 3.28. The van der Waals surface area contributed by atoms with Gasteiger partial charge in [-0.05, 0) is 30.9 Å². The summed E-state index contributed by atoms with van der Waals surface area (Å²) in [7, 11) is 0. The molecule has 15 heavy (non-hydrogen) atoms. The summed E-state index contributed by atoms with van der Waals surface area (Å²) in [5.74, 6) is 8.16. The SMILES string of the molecule is C(#Cc1ccccc1)C[C]1CCCCC1. The standard InChI is InChI=1S/C15H17/c1-3-8-14(9-4-1)12-7-13-15-10-5-2-6-11-15/h1,3-4,8-9H,2,5-6,10-11,13H2. The van der Waals surface area contributed by atoms with Crippen LogP contribution in [0.5, 0.6) is 0 Å². The Kier molecular flexibility index (Phi) is 3.85. The summed E-state index contributed by atoms with van der Waals surface area (Å²) < 4.78 is 0. The van der Waals surface area contributed by atoms with Gasteiger partial charge < -0.3 is 0 Å². The molecule has 1 fully saturated rings. The molecule has 0 N–H and O–H groups in total. The second kappa shape index (κ2) is 5.61. The summed E-state index contributed by atoms with van der Waals surface area (Å²) in [6.45, 7) is 0. The first kappa shape index (κ1) is 10.3. The zero-order chi connectivity index (χ0) is 10.3. The third-order valence-corrected chi connectivity index (χ3v) is 2.91. The van der Waals surface area contributed by atoms with Gasteiger partial charge in [-0.25, -0.2) is 0 Å². The van der Waals surface area contributed by atoms with E-state index >= 15 is 0 Å². The Balaban J connectivity index is 1.84. The topological polar surface area (TPSA) is 0 Å². The summed E-state index contributed by atoms with van der Waals surface area (Å²) in [5, 5.41) is 0. The Bertz CT molecular complexity index is 333. The van der Waals surface area contributed by atoms with Crippen molar-refractivity contribution in [2.24, 2.45) is 0 Å². The van der Waals surface area contributed by atoms with E-state index in [4.69, 9.17) is 0 Å². The van der Waals surface area contributed by atoms with Crippen molar-refractivity contribution in [1.82, 2.24) is 0 Å². The van der Waals surface area contributed by atoms with Gasteiger partial charge in [-0.3, -0.25) is 0 Å². The maximum atomic E-state index is 3.28. The van der Waals surface area contributed by atoms with Crippen molar-refractivity contribution >= 4 is 0 Å². The molecular formula is C15H17. The monoisotopic (exact) mass is 197 g/mol. The van der Waals surface area contributed by atoms with Gasteiger partial charge in [0.2, 0.25) is 0 Å². The predicted octanol–water partition coefficient (Wildman–Crippen LogP) is 3.97. The lowest BCUT2D eigenvalue weighted by Crippen LogP contribution is -2.02. The van der Waals surface area contributed by atoms with Gasteiger partial charge in [0.25, 0.3) is 0 Å². The zero-order valence-corrected chi connectivity index (χ0v) is 9.13. The molecule has 1 aromatic rings. The highest BCUT2D eigenvalue weighted by Gasteiger charge is 2.11. The van der Waals surface area contributed by atoms with Gasteiger partial charge in [0.1, 0.15) is 0 Å². The lowest BCUT2D eigenvalue weighted by molar-refractivity contribution is 0.526. The number of hydrogen-bond acceptors (Lipinski definition) is 0. The van der Waals surface area contributed by atoms with Crippen molar-refractivity contribution in [2.75, 3.05) is 0 Å². The maximum Gasteiger partial charge on any atom is 0.0245 e. The lowest BCUT2D eigenvalue weighted by atomic mass is 9.87. The molecule has 0 atom stereocenters. The molecule has 0 spiro atoms. The van der Waals surface area contributed by atoms with Crippen LogP contribution in [0.3, 0.4) is 0 Å². The van der Waals surface area contributed by atoms with Crippen LogP contribution in [-0.2, 0) is 0 Å². The molecule has 0 bridgehead atoms. The fourth-order valence-electron chi connectivity index (χ4n) is 2.02. The molecule has 0 saturated heterocycles. The summed E-state index contributed by atoms with van der Waals surface area (Å²) in [5.41, 5.74) is 1.13. The Morgan fingerprint density at radius 2 is 1.67 bits per heavy atom. The minimum absolute atomic E-state index is 1.01. The van der Waals surface area contributed by atoms with E-state index < -0.39 is 0 Å². The Hall–Kier alpha value is -1.22. The minimum Gasteiger partial charge on any atom is -0.0973 e. The predicted molar refractivity (Wildman–Crippen MR) is 64.3 cm³/mol. The van der Waals surface area contributed by atoms with E-state index in [1.54, 1.807) is 5.92 Å². The van der Waals surface area contributed by atoms with Gasteiger partial charge in [-0.2, -0.15) is 0 Å². The smallest absolute Gasteiger partial charge is 0.0245 e. The molecule has 0 nitrogen and oxygen atoms in total. The van der Waals surface area contributed by atoms with Crippen LogP contribution in [0.4, 0.5) is 0 Å². The zero-order valence-electron chi connectivity index (χ0n) is 9.13. The summed E-state index contributed by atoms with van der Waals surface area (Å²) in [6, 6.07) is 10.2. The molecule has 0 aliphatic heterocycles. The van der Waals surface area contributed by atoms with Gasteiger partial charge in [0.15, 0.2) is 0 Å². The van der Waals surface area contributed by atoms with Crippen molar-refractivity contribution in [3.8, 4) is 11.8 Å². The molecule has 1 aromatic carbocycles. The second-order valence-electron chi connectivity index (χ2n) is 4.16. The number of benzene rings is 1. The number of hydrogen-bond donors (Lipinski definition) is 0. The van der Waals surface area contributed by atoms with E-state index in [1.165, 1.54) is 32.1 Å². The van der Waals surface area contributed by atoms with Crippen molar-refractivity contribution in [1.29, 1.82) is 0 Å². The fraction of sp³-hybridized carbons (Fsp3) is 0.400. The first-order chi connectivity index (χ1) is 7.45. The van der Waals surface area contributed by atoms with Crippen molar-refractivity contribution in [2.45, 2.75) is 38.5 Å². The van der Waals surface area contributed by atoms with Crippen LogP contribution in [0, 0.1) is 17.8 Å². The summed E-state index contributed by atoms with van der Waals surface area (Å²) in [4.78, 5) is 0. The van der Waals surface area contributed by atoms with E-state index in [9.17, 15) is 0 Å². The van der Waals surface area contributed by atoms with Crippen LogP contribution < -0.4 is 0 Å². The Morgan fingerprint density at radius 1 is 0.933 bits per heavy atom. The van der Waals surface area contributed by atoms with E-state index in [0.717, 1.165) is 12.0 Å². The Morgan fingerprint density at radius 3 is 2.40 bits per heavy atom. The average Bonchev–Trinajstić information content (AvgIpc) is 2.32. The third kappa shape index (κ3) is 3.44. The largest absolute Gasteiger partial charge is 0.0973 e. The normalized spacial score (nSPS) is 16.8. The molecule has 0 amide bonds. The molecule has 77 valence electrons. The number of rotatable bonds is 1. The highest BCUT2D eigenvalue weighted by Crippen LogP contribution is 2.27. The van der Waals surface area contributed by atoms with Gasteiger partial charge >= 0.3 is 0 Å². The average molecular weight is 197 g/mol. The van der Waals surface area contributed by atoms with Crippen LogP contribution in [0.15, 0.2) is 30.3 Å². The lowest BCUT2D eigenvalue weighted by Gasteiger charge is -2.18. The molecule has 2 rings (SSSR count). The molecule has 0 heteroatoms.